The van der Waals surface area contributed by atoms with Gasteiger partial charge >= 0.3 is 0 Å². The summed E-state index contributed by atoms with van der Waals surface area (Å²) in [5.41, 5.74) is -0.968. The molecule has 0 spiro atoms. The second-order valence-corrected chi connectivity index (χ2v) is 8.87. The lowest BCUT2D eigenvalue weighted by Crippen LogP contribution is -2.20. The average molecular weight is 508 g/mol. The van der Waals surface area contributed by atoms with E-state index in [1.165, 1.54) is 18.2 Å². The third-order valence-corrected chi connectivity index (χ3v) is 6.38. The van der Waals surface area contributed by atoms with Crippen molar-refractivity contribution in [3.63, 3.8) is 0 Å². The Balaban J connectivity index is 1.57. The molecule has 3 aromatic carbocycles. The van der Waals surface area contributed by atoms with E-state index >= 15 is 0 Å². The summed E-state index contributed by atoms with van der Waals surface area (Å²) < 4.78 is 104. The Labute approximate surface area is 204 Å². The van der Waals surface area contributed by atoms with E-state index in [0.29, 0.717) is 18.1 Å². The largest absolute Gasteiger partial charge is 0.373 e. The van der Waals surface area contributed by atoms with Gasteiger partial charge in [0.25, 0.3) is 0 Å². The second-order valence-electron chi connectivity index (χ2n) is 8.87. The van der Waals surface area contributed by atoms with Crippen LogP contribution in [-0.4, -0.2) is 6.61 Å². The zero-order valence-electron chi connectivity index (χ0n) is 19.4. The lowest BCUT2D eigenvalue weighted by Gasteiger charge is -2.29. The quantitative estimate of drug-likeness (QED) is 0.183. The molecule has 1 saturated heterocycles. The van der Waals surface area contributed by atoms with Crippen LogP contribution < -0.4 is 0 Å². The first-order valence-corrected chi connectivity index (χ1v) is 11.6. The lowest BCUT2D eigenvalue weighted by atomic mass is 9.91. The van der Waals surface area contributed by atoms with Crippen molar-refractivity contribution < 1.29 is 35.5 Å². The number of ether oxygens (including phenoxy) is 1. The first kappa shape index (κ1) is 25.9. The highest BCUT2D eigenvalue weighted by atomic mass is 19.2. The van der Waals surface area contributed by atoms with Gasteiger partial charge in [0.15, 0.2) is 29.1 Å². The molecule has 1 aliphatic rings. The molecule has 3 aromatic rings. The second kappa shape index (κ2) is 10.9. The maximum atomic E-state index is 14.9. The molecule has 1 nitrogen and oxygen atoms in total. The van der Waals surface area contributed by atoms with Crippen LogP contribution in [0.3, 0.4) is 0 Å². The summed E-state index contributed by atoms with van der Waals surface area (Å²) >= 11 is 0. The van der Waals surface area contributed by atoms with E-state index in [0.717, 1.165) is 37.8 Å². The summed E-state index contributed by atoms with van der Waals surface area (Å²) in [6, 6.07) is 7.92. The van der Waals surface area contributed by atoms with Crippen molar-refractivity contribution in [2.45, 2.75) is 38.7 Å². The van der Waals surface area contributed by atoms with Crippen LogP contribution in [0.2, 0.25) is 0 Å². The molecule has 36 heavy (non-hydrogen) atoms. The summed E-state index contributed by atoms with van der Waals surface area (Å²) in [5.74, 6) is -10.1. The Morgan fingerprint density at radius 2 is 1.53 bits per heavy atom. The fourth-order valence-corrected chi connectivity index (χ4v) is 4.46. The molecule has 2 atom stereocenters. The van der Waals surface area contributed by atoms with Gasteiger partial charge in [0.2, 0.25) is 0 Å². The van der Waals surface area contributed by atoms with Gasteiger partial charge in [0, 0.05) is 16.7 Å². The topological polar surface area (TPSA) is 9.23 Å². The maximum Gasteiger partial charge on any atom is 0.194 e. The Kier molecular flexibility index (Phi) is 7.83. The van der Waals surface area contributed by atoms with Crippen LogP contribution in [0.5, 0.6) is 0 Å². The summed E-state index contributed by atoms with van der Waals surface area (Å²) in [5, 5.41) is 0. The molecular weight excluding hydrogens is 485 g/mol. The minimum Gasteiger partial charge on any atom is -0.373 e. The molecule has 0 bridgehead atoms. The SMILES string of the molecule is CCCC1CCC(c2ccc(-c3ccc(C(F)=C(F)c4cc(F)c(F)c(F)c4)c(F)c3)c(F)c2)OC1. The molecular formula is C28H23F7O. The van der Waals surface area contributed by atoms with E-state index in [2.05, 4.69) is 6.92 Å². The summed E-state index contributed by atoms with van der Waals surface area (Å²) in [7, 11) is 0. The third-order valence-electron chi connectivity index (χ3n) is 6.38. The van der Waals surface area contributed by atoms with Crippen molar-refractivity contribution >= 4 is 11.7 Å². The molecule has 0 amide bonds. The smallest absolute Gasteiger partial charge is 0.194 e. The third kappa shape index (κ3) is 5.33. The molecule has 1 heterocycles. The van der Waals surface area contributed by atoms with Gasteiger partial charge in [0.1, 0.15) is 11.6 Å². The summed E-state index contributed by atoms with van der Waals surface area (Å²) in [4.78, 5) is 0. The van der Waals surface area contributed by atoms with Gasteiger partial charge in [-0.05, 0) is 66.6 Å². The molecule has 0 aliphatic carbocycles. The van der Waals surface area contributed by atoms with Gasteiger partial charge in [-0.15, -0.1) is 0 Å². The zero-order chi connectivity index (χ0) is 26.0. The van der Waals surface area contributed by atoms with Crippen LogP contribution in [0.15, 0.2) is 48.5 Å². The molecule has 4 rings (SSSR count). The monoisotopic (exact) mass is 508 g/mol. The van der Waals surface area contributed by atoms with Crippen LogP contribution in [-0.2, 0) is 4.74 Å². The highest BCUT2D eigenvalue weighted by Gasteiger charge is 2.24. The van der Waals surface area contributed by atoms with Gasteiger partial charge in [-0.1, -0.05) is 31.5 Å². The van der Waals surface area contributed by atoms with Crippen LogP contribution in [0.1, 0.15) is 55.4 Å². The van der Waals surface area contributed by atoms with Gasteiger partial charge in [-0.2, -0.15) is 0 Å². The number of rotatable bonds is 6. The highest BCUT2D eigenvalue weighted by Crippen LogP contribution is 2.36. The van der Waals surface area contributed by atoms with Crippen molar-refractivity contribution in [2.75, 3.05) is 6.61 Å². The van der Waals surface area contributed by atoms with E-state index in [9.17, 15) is 30.7 Å². The summed E-state index contributed by atoms with van der Waals surface area (Å²) in [6.45, 7) is 2.73. The van der Waals surface area contributed by atoms with Crippen LogP contribution in [0, 0.1) is 35.0 Å². The van der Waals surface area contributed by atoms with Crippen LogP contribution in [0.4, 0.5) is 30.7 Å². The molecule has 1 fully saturated rings. The highest BCUT2D eigenvalue weighted by molar-refractivity contribution is 5.84. The molecule has 8 heteroatoms. The van der Waals surface area contributed by atoms with Crippen molar-refractivity contribution in [1.82, 2.24) is 0 Å². The number of hydrogen-bond acceptors (Lipinski definition) is 1. The predicted molar refractivity (Wildman–Crippen MR) is 123 cm³/mol. The van der Waals surface area contributed by atoms with Crippen molar-refractivity contribution in [3.05, 3.63) is 94.3 Å². The Morgan fingerprint density at radius 3 is 2.11 bits per heavy atom. The van der Waals surface area contributed by atoms with Gasteiger partial charge in [-0.3, -0.25) is 0 Å². The normalized spacial score (nSPS) is 18.8. The molecule has 0 saturated carbocycles. The number of benzene rings is 3. The van der Waals surface area contributed by atoms with Crippen LogP contribution in [0.25, 0.3) is 22.8 Å². The fourth-order valence-electron chi connectivity index (χ4n) is 4.46. The van der Waals surface area contributed by atoms with E-state index in [1.807, 2.05) is 0 Å². The van der Waals surface area contributed by atoms with E-state index < -0.39 is 51.9 Å². The molecule has 2 unspecified atom stereocenters. The van der Waals surface area contributed by atoms with E-state index in [-0.39, 0.29) is 29.4 Å². The Hall–Kier alpha value is -3.13. The maximum absolute atomic E-state index is 14.9. The fraction of sp³-hybridized carbons (Fsp3) is 0.286. The minimum absolute atomic E-state index is 0.0522. The minimum atomic E-state index is -1.84. The molecule has 0 N–H and O–H groups in total. The predicted octanol–water partition coefficient (Wildman–Crippen LogP) is 9.08. The Morgan fingerprint density at radius 1 is 0.806 bits per heavy atom. The van der Waals surface area contributed by atoms with Gasteiger partial charge in [0.05, 0.1) is 12.7 Å². The molecule has 0 aromatic heterocycles. The zero-order valence-corrected chi connectivity index (χ0v) is 19.4. The van der Waals surface area contributed by atoms with Crippen molar-refractivity contribution in [1.29, 1.82) is 0 Å². The standard InChI is InChI=1S/C28H23F7O/c1-2-3-15-4-9-25(36-14-15)17-6-7-19(21(29)11-17)16-5-8-20(22(30)10-16)27(34)26(33)18-12-23(31)28(35)24(32)13-18/h5-8,10-13,15,25H,2-4,9,14H2,1H3. The lowest BCUT2D eigenvalue weighted by molar-refractivity contribution is -0.0195. The average Bonchev–Trinajstić information content (AvgIpc) is 2.86. The van der Waals surface area contributed by atoms with Gasteiger partial charge in [-0.25, -0.2) is 30.7 Å². The first-order chi connectivity index (χ1) is 17.2. The summed E-state index contributed by atoms with van der Waals surface area (Å²) in [6.07, 6.45) is 3.68. The molecule has 0 radical (unpaired) electrons. The molecule has 190 valence electrons. The number of hydrogen-bond donors (Lipinski definition) is 0. The van der Waals surface area contributed by atoms with Crippen molar-refractivity contribution in [2.24, 2.45) is 5.92 Å². The number of halogens is 7. The Bertz CT molecular complexity index is 1270. The first-order valence-electron chi connectivity index (χ1n) is 11.6. The molecule has 1 aliphatic heterocycles. The van der Waals surface area contributed by atoms with Gasteiger partial charge < -0.3 is 4.74 Å². The van der Waals surface area contributed by atoms with Crippen LogP contribution >= 0.6 is 0 Å². The van der Waals surface area contributed by atoms with E-state index in [1.54, 1.807) is 6.07 Å². The van der Waals surface area contributed by atoms with Crippen molar-refractivity contribution in [3.8, 4) is 11.1 Å². The van der Waals surface area contributed by atoms with E-state index in [4.69, 9.17) is 4.74 Å².